The minimum absolute atomic E-state index is 0.108. The third-order valence-corrected chi connectivity index (χ3v) is 7.09. The van der Waals surface area contributed by atoms with Crippen LogP contribution in [-0.4, -0.2) is 37.0 Å². The number of likely N-dealkylation sites (N-methyl/N-ethyl adjacent to an activating group) is 1. The number of amides is 1. The third-order valence-electron chi connectivity index (χ3n) is 7.09. The summed E-state index contributed by atoms with van der Waals surface area (Å²) in [4.78, 5) is 29.8. The van der Waals surface area contributed by atoms with Gasteiger partial charge in [-0.2, -0.15) is 0 Å². The van der Waals surface area contributed by atoms with E-state index >= 15 is 0 Å². The molecule has 3 aliphatic heterocycles. The predicted octanol–water partition coefficient (Wildman–Crippen LogP) is 3.93. The molecular formula is C26H21FN2O4. The number of likely N-dealkylation sites (tertiary alicyclic amines) is 1. The molecule has 33 heavy (non-hydrogen) atoms. The second kappa shape index (κ2) is 7.15. The molecule has 166 valence electrons. The molecule has 1 amide bonds. The van der Waals surface area contributed by atoms with Crippen LogP contribution in [0.2, 0.25) is 0 Å². The van der Waals surface area contributed by atoms with Crippen LogP contribution in [0.5, 0.6) is 11.5 Å². The van der Waals surface area contributed by atoms with E-state index in [4.69, 9.17) is 9.47 Å². The monoisotopic (exact) mass is 444 g/mol. The Labute approximate surface area is 189 Å². The van der Waals surface area contributed by atoms with Gasteiger partial charge in [0.2, 0.25) is 12.7 Å². The number of ether oxygens (including phenoxy) is 2. The predicted molar refractivity (Wildman–Crippen MR) is 119 cm³/mol. The van der Waals surface area contributed by atoms with E-state index in [0.29, 0.717) is 29.3 Å². The number of halogens is 1. The van der Waals surface area contributed by atoms with Crippen molar-refractivity contribution in [2.24, 2.45) is 5.92 Å². The summed E-state index contributed by atoms with van der Waals surface area (Å²) < 4.78 is 24.6. The molecule has 1 N–H and O–H groups in total. The number of fused-ring (bicyclic) bond motifs is 3. The van der Waals surface area contributed by atoms with Crippen LogP contribution in [0, 0.1) is 11.7 Å². The smallest absolute Gasteiger partial charge is 0.250 e. The van der Waals surface area contributed by atoms with Gasteiger partial charge in [-0.15, -0.1) is 0 Å². The maximum Gasteiger partial charge on any atom is 0.250 e. The van der Waals surface area contributed by atoms with Crippen LogP contribution in [-0.2, 0) is 10.3 Å². The van der Waals surface area contributed by atoms with E-state index in [-0.39, 0.29) is 30.2 Å². The summed E-state index contributed by atoms with van der Waals surface area (Å²) in [5.74, 6) is -0.682. The highest BCUT2D eigenvalue weighted by Crippen LogP contribution is 2.55. The highest BCUT2D eigenvalue weighted by atomic mass is 19.1. The highest BCUT2D eigenvalue weighted by molar-refractivity contribution is 6.12. The van der Waals surface area contributed by atoms with Gasteiger partial charge in [0.1, 0.15) is 11.4 Å². The Bertz CT molecular complexity index is 1290. The van der Waals surface area contributed by atoms with E-state index in [0.717, 1.165) is 11.1 Å². The van der Waals surface area contributed by atoms with E-state index in [1.165, 1.54) is 12.1 Å². The second-order valence-electron chi connectivity index (χ2n) is 8.71. The number of carbonyl (C=O) groups is 2. The zero-order valence-corrected chi connectivity index (χ0v) is 17.9. The van der Waals surface area contributed by atoms with Crippen LogP contribution in [0.1, 0.15) is 27.4 Å². The summed E-state index contributed by atoms with van der Waals surface area (Å²) in [5, 5.41) is 2.98. The van der Waals surface area contributed by atoms with Crippen LogP contribution >= 0.6 is 0 Å². The standard InChI is InChI=1S/C26H21FN2O4/c1-29-13-18(15-6-9-17(27)10-7-15)23(24(30)16-8-11-21-22(12-16)33-14-32-21)26(29)19-4-2-3-5-20(19)28-25(26)31/h2-12,18,23H,13-14H2,1H3,(H,28,31). The molecule has 1 spiro atoms. The van der Waals surface area contributed by atoms with Crippen molar-refractivity contribution >= 4 is 17.4 Å². The lowest BCUT2D eigenvalue weighted by molar-refractivity contribution is -0.126. The molecule has 0 aromatic heterocycles. The Morgan fingerprint density at radius 2 is 1.82 bits per heavy atom. The fraction of sp³-hybridized carbons (Fsp3) is 0.231. The number of hydrogen-bond donors (Lipinski definition) is 1. The highest BCUT2D eigenvalue weighted by Gasteiger charge is 2.64. The Morgan fingerprint density at radius 1 is 1.06 bits per heavy atom. The van der Waals surface area contributed by atoms with Crippen molar-refractivity contribution in [1.29, 1.82) is 0 Å². The lowest BCUT2D eigenvalue weighted by atomic mass is 9.70. The topological polar surface area (TPSA) is 67.9 Å². The molecular weight excluding hydrogens is 423 g/mol. The molecule has 0 aliphatic carbocycles. The lowest BCUT2D eigenvalue weighted by Gasteiger charge is -2.35. The summed E-state index contributed by atoms with van der Waals surface area (Å²) in [6, 6.07) is 18.8. The normalized spacial score (nSPS) is 25.3. The first kappa shape index (κ1) is 19.9. The zero-order chi connectivity index (χ0) is 22.7. The molecule has 3 aliphatic rings. The summed E-state index contributed by atoms with van der Waals surface area (Å²) in [5.41, 5.74) is 1.57. The number of anilines is 1. The van der Waals surface area contributed by atoms with Gasteiger partial charge in [-0.3, -0.25) is 14.5 Å². The Morgan fingerprint density at radius 3 is 2.64 bits per heavy atom. The summed E-state index contributed by atoms with van der Waals surface area (Å²) >= 11 is 0. The number of Topliss-reactive ketones (excluding diaryl/α,β-unsaturated/α-hetero) is 1. The van der Waals surface area contributed by atoms with Gasteiger partial charge in [-0.25, -0.2) is 4.39 Å². The van der Waals surface area contributed by atoms with Crippen molar-refractivity contribution < 1.29 is 23.5 Å². The minimum atomic E-state index is -1.18. The second-order valence-corrected chi connectivity index (χ2v) is 8.71. The van der Waals surface area contributed by atoms with E-state index in [1.54, 1.807) is 30.3 Å². The molecule has 6 rings (SSSR count). The number of rotatable bonds is 3. The van der Waals surface area contributed by atoms with Gasteiger partial charge in [0, 0.05) is 29.3 Å². The Hall–Kier alpha value is -3.71. The molecule has 3 atom stereocenters. The van der Waals surface area contributed by atoms with Crippen molar-refractivity contribution in [2.75, 3.05) is 25.7 Å². The molecule has 3 aromatic rings. The maximum atomic E-state index is 14.2. The lowest BCUT2D eigenvalue weighted by Crippen LogP contribution is -2.51. The summed E-state index contributed by atoms with van der Waals surface area (Å²) in [6.45, 7) is 0.575. The van der Waals surface area contributed by atoms with Crippen molar-refractivity contribution in [3.8, 4) is 11.5 Å². The molecule has 3 heterocycles. The molecule has 7 heteroatoms. The van der Waals surface area contributed by atoms with Crippen molar-refractivity contribution in [1.82, 2.24) is 4.90 Å². The van der Waals surface area contributed by atoms with E-state index in [1.807, 2.05) is 36.2 Å². The first-order valence-electron chi connectivity index (χ1n) is 10.8. The third kappa shape index (κ3) is 2.75. The van der Waals surface area contributed by atoms with Gasteiger partial charge in [-0.05, 0) is 49.0 Å². The van der Waals surface area contributed by atoms with Crippen LogP contribution in [0.25, 0.3) is 0 Å². The van der Waals surface area contributed by atoms with E-state index in [9.17, 15) is 14.0 Å². The number of carbonyl (C=O) groups excluding carboxylic acids is 2. The SMILES string of the molecule is CN1CC(c2ccc(F)cc2)C(C(=O)c2ccc3c(c2)OCO3)C12C(=O)Nc1ccccc12. The van der Waals surface area contributed by atoms with Crippen LogP contribution in [0.3, 0.4) is 0 Å². The molecule has 1 fully saturated rings. The summed E-state index contributed by atoms with van der Waals surface area (Å²) in [6.07, 6.45) is 0. The quantitative estimate of drug-likeness (QED) is 0.620. The molecule has 1 saturated heterocycles. The Balaban J connectivity index is 1.54. The first-order chi connectivity index (χ1) is 16.0. The first-order valence-corrected chi connectivity index (χ1v) is 10.8. The van der Waals surface area contributed by atoms with Crippen molar-refractivity contribution in [3.63, 3.8) is 0 Å². The van der Waals surface area contributed by atoms with Crippen LogP contribution in [0.4, 0.5) is 10.1 Å². The largest absolute Gasteiger partial charge is 0.454 e. The number of ketones is 1. The Kier molecular flexibility index (Phi) is 4.32. The van der Waals surface area contributed by atoms with E-state index < -0.39 is 11.5 Å². The summed E-state index contributed by atoms with van der Waals surface area (Å²) in [7, 11) is 1.87. The average molecular weight is 444 g/mol. The number of nitrogens with zero attached hydrogens (tertiary/aromatic N) is 1. The van der Waals surface area contributed by atoms with Gasteiger partial charge in [0.15, 0.2) is 17.3 Å². The van der Waals surface area contributed by atoms with Crippen LogP contribution in [0.15, 0.2) is 66.7 Å². The maximum absolute atomic E-state index is 14.2. The van der Waals surface area contributed by atoms with Crippen LogP contribution < -0.4 is 14.8 Å². The van der Waals surface area contributed by atoms with Gasteiger partial charge >= 0.3 is 0 Å². The average Bonchev–Trinajstić information content (AvgIpc) is 3.49. The number of nitrogens with one attached hydrogen (secondary N) is 1. The molecule has 6 nitrogen and oxygen atoms in total. The van der Waals surface area contributed by atoms with Gasteiger partial charge < -0.3 is 14.8 Å². The minimum Gasteiger partial charge on any atom is -0.454 e. The number of hydrogen-bond acceptors (Lipinski definition) is 5. The molecule has 0 bridgehead atoms. The van der Waals surface area contributed by atoms with E-state index in [2.05, 4.69) is 5.32 Å². The van der Waals surface area contributed by atoms with Crippen molar-refractivity contribution in [3.05, 3.63) is 89.2 Å². The van der Waals surface area contributed by atoms with Crippen molar-refractivity contribution in [2.45, 2.75) is 11.5 Å². The number of para-hydroxylation sites is 1. The molecule has 0 saturated carbocycles. The molecule has 0 radical (unpaired) electrons. The van der Waals surface area contributed by atoms with Gasteiger partial charge in [-0.1, -0.05) is 30.3 Å². The molecule has 3 aromatic carbocycles. The van der Waals surface area contributed by atoms with Gasteiger partial charge in [0.25, 0.3) is 0 Å². The fourth-order valence-electron chi connectivity index (χ4n) is 5.63. The fourth-order valence-corrected chi connectivity index (χ4v) is 5.63. The molecule has 3 unspecified atom stereocenters. The number of benzene rings is 3. The zero-order valence-electron chi connectivity index (χ0n) is 17.9. The van der Waals surface area contributed by atoms with Gasteiger partial charge in [0.05, 0.1) is 5.92 Å².